The minimum atomic E-state index is -0.380. The van der Waals surface area contributed by atoms with Crippen LogP contribution in [0, 0.1) is 6.92 Å². The minimum absolute atomic E-state index is 0.214. The molecule has 0 aliphatic carbocycles. The maximum atomic E-state index is 13.3. The maximum absolute atomic E-state index is 13.3. The van der Waals surface area contributed by atoms with E-state index in [1.807, 2.05) is 50.2 Å². The van der Waals surface area contributed by atoms with Crippen LogP contribution in [0.25, 0.3) is 11.4 Å². The molecule has 0 unspecified atom stereocenters. The Labute approximate surface area is 191 Å². The average Bonchev–Trinajstić information content (AvgIpc) is 3.12. The number of benzene rings is 1. The molecule has 2 N–H and O–H groups in total. The van der Waals surface area contributed by atoms with Gasteiger partial charge in [0.1, 0.15) is 11.5 Å². The first-order chi connectivity index (χ1) is 16.0. The Bertz CT molecular complexity index is 1310. The zero-order valence-corrected chi connectivity index (χ0v) is 18.9. The van der Waals surface area contributed by atoms with Gasteiger partial charge in [-0.25, -0.2) is 4.98 Å². The lowest BCUT2D eigenvalue weighted by molar-refractivity contribution is 0.0926. The molecule has 3 aromatic heterocycles. The lowest BCUT2D eigenvalue weighted by Crippen LogP contribution is -2.32. The summed E-state index contributed by atoms with van der Waals surface area (Å²) in [5.74, 6) is 0.229. The van der Waals surface area contributed by atoms with E-state index >= 15 is 0 Å². The molecule has 4 rings (SSSR count). The molecule has 0 radical (unpaired) electrons. The Hall–Kier alpha value is -4.07. The van der Waals surface area contributed by atoms with Crippen LogP contribution in [0.15, 0.2) is 65.7 Å². The smallest absolute Gasteiger partial charge is 0.270 e. The van der Waals surface area contributed by atoms with Crippen molar-refractivity contribution in [2.75, 3.05) is 0 Å². The fraction of sp³-hybridized carbons (Fsp3) is 0.240. The number of hydrogen-bond acceptors (Lipinski definition) is 5. The van der Waals surface area contributed by atoms with E-state index in [9.17, 15) is 9.59 Å². The first kappa shape index (κ1) is 22.1. The van der Waals surface area contributed by atoms with Gasteiger partial charge >= 0.3 is 0 Å². The molecule has 0 saturated carbocycles. The molecule has 0 fully saturated rings. The third-order valence-electron chi connectivity index (χ3n) is 5.58. The third kappa shape index (κ3) is 4.90. The van der Waals surface area contributed by atoms with E-state index in [0.29, 0.717) is 29.2 Å². The molecule has 0 aliphatic rings. The highest BCUT2D eigenvalue weighted by atomic mass is 16.2. The van der Waals surface area contributed by atoms with E-state index in [1.165, 1.54) is 6.07 Å². The summed E-state index contributed by atoms with van der Waals surface area (Å²) in [5.41, 5.74) is 4.26. The number of nitrogens with one attached hydrogen (secondary N) is 2. The van der Waals surface area contributed by atoms with Crippen LogP contribution in [0.5, 0.6) is 0 Å². The molecule has 8 nitrogen and oxygen atoms in total. The molecule has 168 valence electrons. The normalized spacial score (nSPS) is 11.8. The average molecular weight is 443 g/mol. The third-order valence-corrected chi connectivity index (χ3v) is 5.58. The summed E-state index contributed by atoms with van der Waals surface area (Å²) >= 11 is 0. The highest BCUT2D eigenvalue weighted by molar-refractivity contribution is 5.94. The second-order valence-corrected chi connectivity index (χ2v) is 7.87. The van der Waals surface area contributed by atoms with Crippen LogP contribution in [-0.4, -0.2) is 30.6 Å². The molecule has 0 spiro atoms. The summed E-state index contributed by atoms with van der Waals surface area (Å²) in [6.45, 7) is 3.93. The number of amides is 1. The number of hydrogen-bond donors (Lipinski definition) is 2. The number of carbonyl (C=O) groups is 1. The zero-order valence-electron chi connectivity index (χ0n) is 18.9. The van der Waals surface area contributed by atoms with E-state index in [4.69, 9.17) is 0 Å². The number of nitrogens with zero attached hydrogens (tertiary/aromatic N) is 4. The fourth-order valence-corrected chi connectivity index (χ4v) is 3.96. The lowest BCUT2D eigenvalue weighted by atomic mass is 10.0. The Morgan fingerprint density at radius 2 is 1.97 bits per heavy atom. The Kier molecular flexibility index (Phi) is 6.44. The summed E-state index contributed by atoms with van der Waals surface area (Å²) in [7, 11) is 1.77. The van der Waals surface area contributed by atoms with Gasteiger partial charge in [-0.2, -0.15) is 5.10 Å². The van der Waals surface area contributed by atoms with Gasteiger partial charge in [0.05, 0.1) is 17.4 Å². The monoisotopic (exact) mass is 442 g/mol. The highest BCUT2D eigenvalue weighted by Crippen LogP contribution is 2.21. The first-order valence-corrected chi connectivity index (χ1v) is 10.8. The van der Waals surface area contributed by atoms with Crippen LogP contribution < -0.4 is 10.9 Å². The van der Waals surface area contributed by atoms with Crippen molar-refractivity contribution < 1.29 is 4.79 Å². The van der Waals surface area contributed by atoms with Crippen molar-refractivity contribution in [1.82, 2.24) is 30.0 Å². The number of pyridine rings is 1. The zero-order chi connectivity index (χ0) is 23.4. The van der Waals surface area contributed by atoms with Crippen LogP contribution >= 0.6 is 0 Å². The van der Waals surface area contributed by atoms with E-state index in [0.717, 1.165) is 23.2 Å². The molecule has 0 aliphatic heterocycles. The Balaban J connectivity index is 1.67. The number of carbonyl (C=O) groups excluding carboxylic acids is 1. The largest absolute Gasteiger partial charge is 0.344 e. The van der Waals surface area contributed by atoms with Crippen molar-refractivity contribution >= 4 is 5.91 Å². The molecule has 3 heterocycles. The summed E-state index contributed by atoms with van der Waals surface area (Å²) in [4.78, 5) is 37.1. The number of aromatic nitrogens is 5. The predicted molar refractivity (Wildman–Crippen MR) is 126 cm³/mol. The van der Waals surface area contributed by atoms with E-state index < -0.39 is 0 Å². The van der Waals surface area contributed by atoms with Crippen LogP contribution in [0.4, 0.5) is 0 Å². The van der Waals surface area contributed by atoms with Gasteiger partial charge in [-0.15, -0.1) is 0 Å². The quantitative estimate of drug-likeness (QED) is 0.457. The van der Waals surface area contributed by atoms with E-state index in [1.54, 1.807) is 30.2 Å². The predicted octanol–water partition coefficient (Wildman–Crippen LogP) is 3.15. The van der Waals surface area contributed by atoms with Crippen molar-refractivity contribution in [3.63, 3.8) is 0 Å². The van der Waals surface area contributed by atoms with Gasteiger partial charge in [-0.05, 0) is 31.0 Å². The number of aryl methyl sites for hydroxylation is 2. The standard InChI is InChI=1S/C25H26N6O2/c1-4-20-16(2)23(31(3)30-20)25(33)28-21(17-9-6-5-7-10-17)13-19-14-22(32)29-24(27-19)18-11-8-12-26-15-18/h5-12,14-15,21H,4,13H2,1-3H3,(H,28,33)(H,27,29,32)/t21-/m1/s1. The van der Waals surface area contributed by atoms with Crippen molar-refractivity contribution in [1.29, 1.82) is 0 Å². The molecule has 1 aromatic carbocycles. The van der Waals surface area contributed by atoms with Gasteiger partial charge in [-0.1, -0.05) is 37.3 Å². The van der Waals surface area contributed by atoms with Gasteiger partial charge < -0.3 is 10.3 Å². The summed E-state index contributed by atoms with van der Waals surface area (Å²) in [6.07, 6.45) is 4.42. The van der Waals surface area contributed by atoms with Gasteiger partial charge in [0, 0.05) is 43.1 Å². The number of rotatable bonds is 7. The topological polar surface area (TPSA) is 106 Å². The van der Waals surface area contributed by atoms with Gasteiger partial charge in [0.15, 0.2) is 0 Å². The summed E-state index contributed by atoms with van der Waals surface area (Å²) in [5, 5.41) is 7.59. The molecule has 0 bridgehead atoms. The van der Waals surface area contributed by atoms with E-state index in [2.05, 4.69) is 25.4 Å². The fourth-order valence-electron chi connectivity index (χ4n) is 3.96. The van der Waals surface area contributed by atoms with Gasteiger partial charge in [0.2, 0.25) is 0 Å². The molecular formula is C25H26N6O2. The Morgan fingerprint density at radius 3 is 2.64 bits per heavy atom. The SMILES string of the molecule is CCc1nn(C)c(C(=O)N[C@H](Cc2cc(=O)[nH]c(-c3cccnc3)n2)c2ccccc2)c1C. The van der Waals surface area contributed by atoms with Crippen LogP contribution in [0.2, 0.25) is 0 Å². The Morgan fingerprint density at radius 1 is 1.18 bits per heavy atom. The van der Waals surface area contributed by atoms with Crippen molar-refractivity contribution in [3.8, 4) is 11.4 Å². The van der Waals surface area contributed by atoms with E-state index in [-0.39, 0.29) is 17.5 Å². The molecule has 1 amide bonds. The molecular weight excluding hydrogens is 416 g/mol. The highest BCUT2D eigenvalue weighted by Gasteiger charge is 2.23. The molecule has 4 aromatic rings. The molecule has 1 atom stereocenters. The van der Waals surface area contributed by atoms with Gasteiger partial charge in [-0.3, -0.25) is 19.3 Å². The van der Waals surface area contributed by atoms with Crippen molar-refractivity contribution in [2.45, 2.75) is 32.7 Å². The summed E-state index contributed by atoms with van der Waals surface area (Å²) < 4.78 is 1.62. The minimum Gasteiger partial charge on any atom is -0.344 e. The molecule has 33 heavy (non-hydrogen) atoms. The number of H-pyrrole nitrogens is 1. The molecule has 8 heteroatoms. The second kappa shape index (κ2) is 9.60. The number of aromatic amines is 1. The summed E-state index contributed by atoms with van der Waals surface area (Å²) in [6, 6.07) is 14.4. The van der Waals surface area contributed by atoms with Crippen LogP contribution in [0.1, 0.15) is 46.0 Å². The maximum Gasteiger partial charge on any atom is 0.270 e. The first-order valence-electron chi connectivity index (χ1n) is 10.8. The molecule has 0 saturated heterocycles. The van der Waals surface area contributed by atoms with Gasteiger partial charge in [0.25, 0.3) is 11.5 Å². The van der Waals surface area contributed by atoms with Crippen LogP contribution in [0.3, 0.4) is 0 Å². The van der Waals surface area contributed by atoms with Crippen molar-refractivity contribution in [2.24, 2.45) is 7.05 Å². The van der Waals surface area contributed by atoms with Crippen LogP contribution in [-0.2, 0) is 19.9 Å². The lowest BCUT2D eigenvalue weighted by Gasteiger charge is -2.19. The van der Waals surface area contributed by atoms with Crippen molar-refractivity contribution in [3.05, 3.63) is 99.5 Å². The second-order valence-electron chi connectivity index (χ2n) is 7.87.